The Morgan fingerprint density at radius 1 is 0.592 bits per heavy atom. The van der Waals surface area contributed by atoms with Crippen molar-refractivity contribution in [2.75, 3.05) is 74.1 Å². The summed E-state index contributed by atoms with van der Waals surface area (Å²) in [6.07, 6.45) is -5.98. The topological polar surface area (TPSA) is 221 Å². The molecule has 1 fully saturated rings. The lowest BCUT2D eigenvalue weighted by atomic mass is 10.1. The molecule has 0 radical (unpaired) electrons. The third kappa shape index (κ3) is 18.5. The van der Waals surface area contributed by atoms with Crippen LogP contribution in [-0.4, -0.2) is 111 Å². The standard InChI is InChI=1S/C25H27F3N6O3S.C21H20F3N5O3S.2C2H6.CH4/c1-33-10-12-34(13-11-33)23(35)18-6-8-19(9-7-18)31-24-30-16-21(25(26,27)28)22(32-24)29-15-17-4-3-5-20(14-17)38(2,36)37;1-25-19(30)14-6-8-15(9-7-14)28-20-27-12-17(21(22,23)24)18(29-20)26-11-13-4-3-5-16(10-13)33(2,31)32;2*1-2;/h3-9,14,16H,10-13,15H2,1-2H3,(H2,29,30,31,32);3-10,12H,11H2,1-2H3,(H,25,30)(H2,26,27,28,29);2*1-2H3;1H4. The summed E-state index contributed by atoms with van der Waals surface area (Å²) in [5.74, 6) is -1.46. The van der Waals surface area contributed by atoms with Crippen LogP contribution >= 0.6 is 0 Å². The Bertz CT molecular complexity index is 3090. The van der Waals surface area contributed by atoms with Crippen LogP contribution in [0.25, 0.3) is 0 Å². The zero-order chi connectivity index (χ0) is 55.7. The highest BCUT2D eigenvalue weighted by atomic mass is 32.2. The summed E-state index contributed by atoms with van der Waals surface area (Å²) in [5.41, 5.74) is 0.680. The highest BCUT2D eigenvalue weighted by Crippen LogP contribution is 2.36. The number of sulfone groups is 2. The average molecular weight is 1100 g/mol. The van der Waals surface area contributed by atoms with Gasteiger partial charge >= 0.3 is 12.4 Å². The molecule has 7 rings (SSSR count). The minimum absolute atomic E-state index is 0. The molecule has 1 aliphatic heterocycles. The van der Waals surface area contributed by atoms with E-state index in [1.807, 2.05) is 34.7 Å². The molecule has 0 atom stereocenters. The van der Waals surface area contributed by atoms with Gasteiger partial charge in [0.2, 0.25) is 11.9 Å². The van der Waals surface area contributed by atoms with Gasteiger partial charge in [-0.3, -0.25) is 9.59 Å². The van der Waals surface area contributed by atoms with E-state index in [0.29, 0.717) is 59.1 Å². The maximum absolute atomic E-state index is 13.6. The summed E-state index contributed by atoms with van der Waals surface area (Å²) in [6.45, 7) is 10.7. The fourth-order valence-electron chi connectivity index (χ4n) is 6.71. The van der Waals surface area contributed by atoms with E-state index in [4.69, 9.17) is 0 Å². The highest BCUT2D eigenvalue weighted by molar-refractivity contribution is 7.91. The number of benzene rings is 4. The van der Waals surface area contributed by atoms with Crippen molar-refractivity contribution < 1.29 is 52.8 Å². The summed E-state index contributed by atoms with van der Waals surface area (Å²) in [5, 5.41) is 13.4. The monoisotopic (exact) mass is 1100 g/mol. The number of nitrogens with zero attached hydrogens (tertiary/aromatic N) is 6. The number of rotatable bonds is 14. The van der Waals surface area contributed by atoms with Gasteiger partial charge in [0.05, 0.1) is 9.79 Å². The molecule has 0 spiro atoms. The van der Waals surface area contributed by atoms with Gasteiger partial charge in [0, 0.05) is 93.7 Å². The number of anilines is 6. The van der Waals surface area contributed by atoms with Gasteiger partial charge in [-0.15, -0.1) is 0 Å². The van der Waals surface area contributed by atoms with Crippen molar-refractivity contribution >= 4 is 66.4 Å². The van der Waals surface area contributed by atoms with Crippen LogP contribution in [0.5, 0.6) is 0 Å². The lowest BCUT2D eigenvalue weighted by molar-refractivity contribution is -0.138. The number of hydrogen-bond donors (Lipinski definition) is 5. The molecule has 6 aromatic rings. The molecule has 412 valence electrons. The second-order valence-corrected chi connectivity index (χ2v) is 20.1. The fourth-order valence-corrected chi connectivity index (χ4v) is 8.09. The number of aromatic nitrogens is 4. The normalized spacial score (nSPS) is 12.6. The first-order valence-corrected chi connectivity index (χ1v) is 27.0. The molecule has 5 N–H and O–H groups in total. The first-order valence-electron chi connectivity index (χ1n) is 23.3. The molecule has 3 heterocycles. The van der Waals surface area contributed by atoms with Gasteiger partial charge in [-0.1, -0.05) is 59.4 Å². The minimum atomic E-state index is -4.71. The van der Waals surface area contributed by atoms with Crippen molar-refractivity contribution in [1.82, 2.24) is 35.1 Å². The van der Waals surface area contributed by atoms with E-state index >= 15 is 0 Å². The van der Waals surface area contributed by atoms with E-state index in [9.17, 15) is 52.8 Å². The highest BCUT2D eigenvalue weighted by Gasteiger charge is 2.36. The number of carbonyl (C=O) groups excluding carboxylic acids is 2. The van der Waals surface area contributed by atoms with Crippen LogP contribution in [0, 0.1) is 0 Å². The molecule has 17 nitrogen and oxygen atoms in total. The predicted molar refractivity (Wildman–Crippen MR) is 283 cm³/mol. The number of carbonyl (C=O) groups is 2. The van der Waals surface area contributed by atoms with Gasteiger partial charge in [0.1, 0.15) is 22.8 Å². The first-order chi connectivity index (χ1) is 35.4. The van der Waals surface area contributed by atoms with Crippen LogP contribution < -0.4 is 26.6 Å². The molecular weight excluding hydrogens is 1040 g/mol. The average Bonchev–Trinajstić information content (AvgIpc) is 3.38. The van der Waals surface area contributed by atoms with Crippen LogP contribution in [0.15, 0.2) is 119 Å². The quantitative estimate of drug-likeness (QED) is 0.0641. The Labute approximate surface area is 439 Å². The Hall–Kier alpha value is -7.38. The molecule has 2 amide bonds. The van der Waals surface area contributed by atoms with Crippen molar-refractivity contribution in [3.63, 3.8) is 0 Å². The second-order valence-electron chi connectivity index (χ2n) is 16.0. The number of nitrogens with one attached hydrogen (secondary N) is 5. The number of piperazine rings is 1. The largest absolute Gasteiger partial charge is 0.421 e. The Morgan fingerprint density at radius 3 is 1.33 bits per heavy atom. The maximum atomic E-state index is 13.6. The SMILES string of the molecule is C.CC.CC.CN1CCN(C(=O)c2ccc(Nc3ncc(C(F)(F)F)c(NCc4cccc(S(C)(=O)=O)c4)n3)cc2)CC1.CNC(=O)c1ccc(Nc2ncc(C(F)(F)F)c(NCc3cccc(S(C)(=O)=O)c3)n2)cc1. The van der Waals surface area contributed by atoms with Gasteiger partial charge < -0.3 is 36.4 Å². The lowest BCUT2D eigenvalue weighted by Gasteiger charge is -2.32. The summed E-state index contributed by atoms with van der Waals surface area (Å²) in [4.78, 5) is 43.9. The number of alkyl halides is 6. The molecular formula is C51H63F6N11O6S2. The van der Waals surface area contributed by atoms with Crippen LogP contribution in [-0.2, 0) is 45.1 Å². The van der Waals surface area contributed by atoms with Gasteiger partial charge in [0.15, 0.2) is 19.7 Å². The summed E-state index contributed by atoms with van der Waals surface area (Å²) in [6, 6.07) is 24.6. The Morgan fingerprint density at radius 2 is 0.974 bits per heavy atom. The van der Waals surface area contributed by atoms with Gasteiger partial charge in [-0.2, -0.15) is 36.3 Å². The van der Waals surface area contributed by atoms with Crippen LogP contribution in [0.4, 0.5) is 61.2 Å². The smallest absolute Gasteiger partial charge is 0.365 e. The number of amides is 2. The van der Waals surface area contributed by atoms with Crippen LogP contribution in [0.3, 0.4) is 0 Å². The van der Waals surface area contributed by atoms with Gasteiger partial charge in [0.25, 0.3) is 11.8 Å². The minimum Gasteiger partial charge on any atom is -0.365 e. The summed E-state index contributed by atoms with van der Waals surface area (Å²) >= 11 is 0. The molecule has 76 heavy (non-hydrogen) atoms. The molecule has 2 aromatic heterocycles. The molecule has 4 aromatic carbocycles. The van der Waals surface area contributed by atoms with Crippen molar-refractivity contribution in [2.24, 2.45) is 0 Å². The third-order valence-corrected chi connectivity index (χ3v) is 12.8. The Kier molecular flexibility index (Phi) is 23.1. The fraction of sp³-hybridized carbons (Fsp3) is 0.333. The predicted octanol–water partition coefficient (Wildman–Crippen LogP) is 9.94. The van der Waals surface area contributed by atoms with E-state index in [1.54, 1.807) is 65.6 Å². The van der Waals surface area contributed by atoms with Crippen LogP contribution in [0.1, 0.15) is 78.1 Å². The van der Waals surface area contributed by atoms with E-state index in [0.717, 1.165) is 25.6 Å². The van der Waals surface area contributed by atoms with Crippen molar-refractivity contribution in [3.05, 3.63) is 143 Å². The molecule has 0 saturated carbocycles. The molecule has 1 aliphatic rings. The lowest BCUT2D eigenvalue weighted by Crippen LogP contribution is -2.47. The zero-order valence-corrected chi connectivity index (χ0v) is 44.0. The second kappa shape index (κ2) is 28.0. The zero-order valence-electron chi connectivity index (χ0n) is 42.4. The summed E-state index contributed by atoms with van der Waals surface area (Å²) in [7, 11) is -3.43. The van der Waals surface area contributed by atoms with Crippen molar-refractivity contribution in [2.45, 2.75) is 70.4 Å². The van der Waals surface area contributed by atoms with E-state index in [-0.39, 0.29) is 54.0 Å². The van der Waals surface area contributed by atoms with Gasteiger partial charge in [-0.25, -0.2) is 26.8 Å². The summed E-state index contributed by atoms with van der Waals surface area (Å²) < 4.78 is 128. The number of likely N-dealkylation sites (N-methyl/N-ethyl adjacent to an activating group) is 1. The van der Waals surface area contributed by atoms with E-state index < -0.39 is 54.8 Å². The Balaban J connectivity index is 0.000000374. The van der Waals surface area contributed by atoms with E-state index in [2.05, 4.69) is 51.4 Å². The molecule has 0 unspecified atom stereocenters. The number of halogens is 6. The first kappa shape index (κ1) is 62.9. The van der Waals surface area contributed by atoms with Crippen molar-refractivity contribution in [3.8, 4) is 0 Å². The van der Waals surface area contributed by atoms with Crippen molar-refractivity contribution in [1.29, 1.82) is 0 Å². The molecule has 0 bridgehead atoms. The maximum Gasteiger partial charge on any atom is 0.421 e. The van der Waals surface area contributed by atoms with Crippen LogP contribution in [0.2, 0.25) is 0 Å². The van der Waals surface area contributed by atoms with E-state index in [1.165, 1.54) is 43.4 Å². The molecule has 25 heteroatoms. The van der Waals surface area contributed by atoms with Gasteiger partial charge in [-0.05, 0) is 91.0 Å². The third-order valence-electron chi connectivity index (χ3n) is 10.6. The number of hydrogen-bond acceptors (Lipinski definition) is 15. The molecule has 0 aliphatic carbocycles. The molecule has 1 saturated heterocycles.